The summed E-state index contributed by atoms with van der Waals surface area (Å²) in [5.41, 5.74) is -0.301. The molecule has 3 aliphatic rings. The van der Waals surface area contributed by atoms with Crippen LogP contribution in [-0.2, 0) is 39.2 Å². The van der Waals surface area contributed by atoms with Gasteiger partial charge in [-0.05, 0) is 25.2 Å². The summed E-state index contributed by atoms with van der Waals surface area (Å²) in [7, 11) is 0. The van der Waals surface area contributed by atoms with E-state index < -0.39 is 55.6 Å². The van der Waals surface area contributed by atoms with Crippen LogP contribution >= 0.6 is 25.8 Å². The molecule has 0 amide bonds. The number of ether oxygens (including phenoxy) is 2. The Morgan fingerprint density at radius 1 is 1.22 bits per heavy atom. The third-order valence-electron chi connectivity index (χ3n) is 6.94. The average Bonchev–Trinajstić information content (AvgIpc) is 3.57. The maximum Gasteiger partial charge on any atom is 0.386 e. The van der Waals surface area contributed by atoms with Crippen molar-refractivity contribution in [3.8, 4) is 5.88 Å². The van der Waals surface area contributed by atoms with E-state index in [0.29, 0.717) is 24.5 Å². The highest BCUT2D eigenvalue weighted by atomic mass is 32.7. The quantitative estimate of drug-likeness (QED) is 0.234. The van der Waals surface area contributed by atoms with Crippen molar-refractivity contribution >= 4 is 48.7 Å². The molecule has 16 nitrogen and oxygen atoms in total. The number of fused-ring (bicyclic) bond motifs is 4. The fourth-order valence-corrected chi connectivity index (χ4v) is 8.13. The molecule has 3 aromatic heterocycles. The lowest BCUT2D eigenvalue weighted by molar-refractivity contribution is -0.0502. The van der Waals surface area contributed by atoms with Crippen molar-refractivity contribution < 1.29 is 42.1 Å². The number of aliphatic hydroxyl groups excluding tert-OH is 1. The Hall–Kier alpha value is -1.82. The van der Waals surface area contributed by atoms with Crippen LogP contribution in [0.2, 0.25) is 0 Å². The maximum absolute atomic E-state index is 13.4. The molecule has 3 aromatic rings. The first-order valence-corrected chi connectivity index (χ1v) is 17.8. The molecular formula is C21H26N6O10P2S2. The molecule has 2 unspecified atom stereocenters. The molecule has 222 valence electrons. The second-order valence-electron chi connectivity index (χ2n) is 9.79. The van der Waals surface area contributed by atoms with Gasteiger partial charge in [0.1, 0.15) is 36.6 Å². The van der Waals surface area contributed by atoms with Crippen molar-refractivity contribution in [1.29, 1.82) is 0 Å². The van der Waals surface area contributed by atoms with Crippen molar-refractivity contribution in [3.63, 3.8) is 0 Å². The monoisotopic (exact) mass is 648 g/mol. The largest absolute Gasteiger partial charge is 0.474 e. The molecule has 2 saturated heterocycles. The predicted molar refractivity (Wildman–Crippen MR) is 147 cm³/mol. The number of H-pyrrole nitrogens is 1. The Morgan fingerprint density at radius 2 is 2.05 bits per heavy atom. The van der Waals surface area contributed by atoms with Crippen LogP contribution < -0.4 is 10.3 Å². The van der Waals surface area contributed by atoms with E-state index in [-0.39, 0.29) is 30.5 Å². The van der Waals surface area contributed by atoms with Gasteiger partial charge in [-0.3, -0.25) is 13.9 Å². The molecule has 0 aromatic carbocycles. The Labute approximate surface area is 242 Å². The summed E-state index contributed by atoms with van der Waals surface area (Å²) in [4.78, 5) is 42.2. The van der Waals surface area contributed by atoms with Crippen LogP contribution in [0.1, 0.15) is 24.9 Å². The smallest absolute Gasteiger partial charge is 0.386 e. The lowest BCUT2D eigenvalue weighted by Gasteiger charge is -2.27. The van der Waals surface area contributed by atoms with Gasteiger partial charge < -0.3 is 38.0 Å². The normalized spacial score (nSPS) is 38.1. The first-order chi connectivity index (χ1) is 19.5. The van der Waals surface area contributed by atoms with E-state index in [4.69, 9.17) is 39.4 Å². The molecule has 2 bridgehead atoms. The van der Waals surface area contributed by atoms with Crippen molar-refractivity contribution in [2.75, 3.05) is 13.2 Å². The topological polar surface area (TPSA) is 202 Å². The van der Waals surface area contributed by atoms with E-state index in [9.17, 15) is 19.4 Å². The number of nitrogens with zero attached hydrogens (tertiary/aromatic N) is 5. The summed E-state index contributed by atoms with van der Waals surface area (Å²) in [6, 6.07) is 1.61. The number of rotatable bonds is 3. The molecule has 1 saturated carbocycles. The van der Waals surface area contributed by atoms with Crippen LogP contribution in [0.15, 0.2) is 29.7 Å². The number of aromatic amines is 1. The number of aromatic nitrogens is 6. The van der Waals surface area contributed by atoms with Crippen LogP contribution in [0.4, 0.5) is 0 Å². The minimum atomic E-state index is -4.13. The number of hydrogen-bond donors (Lipinski definition) is 4. The molecule has 2 aliphatic heterocycles. The summed E-state index contributed by atoms with van der Waals surface area (Å²) in [5, 5.41) is 11.1. The SMILES string of the molecule is Cc1nc2c(ncn2[C@@H]2O[C@@H]3COP(O)(=S)O[C@H]4C[C@H](Oc5ccncn5)C[C@@H]4COP(=O)(S)O[C@@H]2[C@@H]3O)c(=O)[nH]1. The summed E-state index contributed by atoms with van der Waals surface area (Å²) in [6.07, 6.45) is -1.23. The zero-order valence-corrected chi connectivity index (χ0v) is 24.8. The summed E-state index contributed by atoms with van der Waals surface area (Å²) in [5.74, 6) is 0.238. The van der Waals surface area contributed by atoms with Crippen LogP contribution in [-0.4, -0.2) is 83.2 Å². The zero-order valence-electron chi connectivity index (χ0n) is 21.3. The fraction of sp³-hybridized carbons (Fsp3) is 0.571. The number of imidazole rings is 1. The van der Waals surface area contributed by atoms with Crippen LogP contribution in [0, 0.1) is 12.8 Å². The molecule has 20 heteroatoms. The van der Waals surface area contributed by atoms with Gasteiger partial charge in [0.25, 0.3) is 5.56 Å². The van der Waals surface area contributed by atoms with Crippen LogP contribution in [0.3, 0.4) is 0 Å². The third kappa shape index (κ3) is 6.28. The van der Waals surface area contributed by atoms with Gasteiger partial charge in [0.05, 0.1) is 25.6 Å². The highest BCUT2D eigenvalue weighted by Gasteiger charge is 2.50. The summed E-state index contributed by atoms with van der Waals surface area (Å²) in [6.45, 7) is -6.94. The zero-order chi connectivity index (χ0) is 28.9. The Bertz CT molecular complexity index is 1580. The lowest BCUT2D eigenvalue weighted by Crippen LogP contribution is -2.35. The van der Waals surface area contributed by atoms with E-state index in [2.05, 4.69) is 37.2 Å². The molecule has 0 spiro atoms. The predicted octanol–water partition coefficient (Wildman–Crippen LogP) is 1.41. The van der Waals surface area contributed by atoms with Crippen molar-refractivity contribution in [2.24, 2.45) is 5.92 Å². The van der Waals surface area contributed by atoms with Gasteiger partial charge in [-0.15, -0.1) is 0 Å². The molecule has 0 radical (unpaired) electrons. The Kier molecular flexibility index (Phi) is 8.10. The van der Waals surface area contributed by atoms with E-state index in [1.54, 1.807) is 19.2 Å². The highest BCUT2D eigenvalue weighted by Crippen LogP contribution is 2.58. The van der Waals surface area contributed by atoms with Gasteiger partial charge in [0.2, 0.25) is 5.88 Å². The number of aryl methyl sites for hydroxylation is 1. The minimum absolute atomic E-state index is 0.0251. The first kappa shape index (κ1) is 29.3. The van der Waals surface area contributed by atoms with Gasteiger partial charge in [0.15, 0.2) is 17.4 Å². The molecule has 3 N–H and O–H groups in total. The maximum atomic E-state index is 13.4. The second-order valence-corrected chi connectivity index (χ2v) is 15.5. The van der Waals surface area contributed by atoms with E-state index >= 15 is 0 Å². The van der Waals surface area contributed by atoms with Crippen molar-refractivity contribution in [1.82, 2.24) is 29.5 Å². The molecule has 3 fully saturated rings. The number of thiol groups is 1. The van der Waals surface area contributed by atoms with Crippen LogP contribution in [0.5, 0.6) is 5.88 Å². The van der Waals surface area contributed by atoms with E-state index in [1.807, 2.05) is 0 Å². The van der Waals surface area contributed by atoms with Gasteiger partial charge in [-0.25, -0.2) is 24.5 Å². The molecule has 6 rings (SSSR count). The first-order valence-electron chi connectivity index (χ1n) is 12.5. The Balaban J connectivity index is 1.28. The molecule has 9 atom stereocenters. The van der Waals surface area contributed by atoms with Crippen molar-refractivity contribution in [3.05, 3.63) is 41.1 Å². The molecule has 5 heterocycles. The summed E-state index contributed by atoms with van der Waals surface area (Å²) < 4.78 is 49.6. The number of aliphatic hydroxyl groups is 1. The Morgan fingerprint density at radius 3 is 2.83 bits per heavy atom. The van der Waals surface area contributed by atoms with Gasteiger partial charge in [-0.2, -0.15) is 0 Å². The minimum Gasteiger partial charge on any atom is -0.474 e. The third-order valence-corrected chi connectivity index (χ3v) is 10.1. The fourth-order valence-electron chi connectivity index (χ4n) is 5.12. The van der Waals surface area contributed by atoms with E-state index in [0.717, 1.165) is 0 Å². The molecule has 1 aliphatic carbocycles. The highest BCUT2D eigenvalue weighted by molar-refractivity contribution is 8.44. The summed E-state index contributed by atoms with van der Waals surface area (Å²) >= 11 is 9.42. The van der Waals surface area contributed by atoms with Gasteiger partial charge >= 0.3 is 13.5 Å². The van der Waals surface area contributed by atoms with Crippen LogP contribution in [0.25, 0.3) is 11.2 Å². The molecule has 41 heavy (non-hydrogen) atoms. The molecular weight excluding hydrogens is 622 g/mol. The number of nitrogens with one attached hydrogen (secondary N) is 1. The standard InChI is InChI=1S/C21H26N6O10P2S2/c1-10-25-19-16(20(29)26-10)24-9-27(19)21-18-17(28)14(35-21)7-33-38(30,40)36-13-5-12(34-15-2-3-22-8-23-15)4-11(13)6-32-39(31,41)37-18/h2-3,8-9,11-14,17-18,21,28H,4-7H2,1H3,(H,30,40)(H,31,41)(H,25,26,29)/t11-,12-,13+,14-,17-,18-,21-,38?,39?/m1/s1. The number of hydrogen-bond acceptors (Lipinski definition) is 14. The average molecular weight is 649 g/mol. The van der Waals surface area contributed by atoms with E-state index in [1.165, 1.54) is 17.2 Å². The van der Waals surface area contributed by atoms with Gasteiger partial charge in [-0.1, -0.05) is 12.2 Å². The van der Waals surface area contributed by atoms with Crippen molar-refractivity contribution in [2.45, 2.75) is 56.5 Å². The van der Waals surface area contributed by atoms with Gasteiger partial charge in [0, 0.05) is 24.6 Å². The second kappa shape index (κ2) is 11.4. The lowest BCUT2D eigenvalue weighted by atomic mass is 10.1.